The largest absolute Gasteiger partial charge is 0.445 e. The Morgan fingerprint density at radius 2 is 1.85 bits per heavy atom. The monoisotopic (exact) mass is 273 g/mol. The van der Waals surface area contributed by atoms with Crippen LogP contribution in [0.25, 0.3) is 0 Å². The van der Waals surface area contributed by atoms with Gasteiger partial charge >= 0.3 is 6.09 Å². The van der Waals surface area contributed by atoms with Crippen LogP contribution in [0.1, 0.15) is 31.2 Å². The number of piperidine rings is 1. The number of ether oxygens (including phenoxy) is 1. The van der Waals surface area contributed by atoms with E-state index in [2.05, 4.69) is 0 Å². The van der Waals surface area contributed by atoms with Crippen LogP contribution < -0.4 is 0 Å². The maximum Gasteiger partial charge on any atom is 0.410 e. The summed E-state index contributed by atoms with van der Waals surface area (Å²) in [5.41, 5.74) is 0.996. The highest BCUT2D eigenvalue weighted by atomic mass is 16.6. The van der Waals surface area contributed by atoms with Crippen LogP contribution in [0.4, 0.5) is 4.79 Å². The van der Waals surface area contributed by atoms with Crippen LogP contribution >= 0.6 is 0 Å². The van der Waals surface area contributed by atoms with Crippen molar-refractivity contribution in [2.45, 2.75) is 44.4 Å². The van der Waals surface area contributed by atoms with Crippen LogP contribution in [-0.2, 0) is 16.1 Å². The Morgan fingerprint density at radius 3 is 2.45 bits per heavy atom. The van der Waals surface area contributed by atoms with E-state index in [1.54, 1.807) is 0 Å². The zero-order chi connectivity index (χ0) is 13.9. The summed E-state index contributed by atoms with van der Waals surface area (Å²) in [5, 5.41) is 0. The van der Waals surface area contributed by atoms with Gasteiger partial charge in [-0.1, -0.05) is 30.3 Å². The third-order valence-corrected chi connectivity index (χ3v) is 4.38. The molecule has 3 atom stereocenters. The second-order valence-corrected chi connectivity index (χ2v) is 5.70. The maximum atomic E-state index is 12.2. The minimum atomic E-state index is -0.231. The summed E-state index contributed by atoms with van der Waals surface area (Å²) in [6, 6.07) is 10.1. The molecule has 1 aromatic rings. The molecule has 0 saturated carbocycles. The topological polar surface area (TPSA) is 46.6 Å². The molecule has 0 aromatic heterocycles. The number of nitrogens with zero attached hydrogens (tertiary/aromatic N) is 1. The molecule has 3 rings (SSSR count). The molecular weight excluding hydrogens is 254 g/mol. The first-order chi connectivity index (χ1) is 9.78. The van der Waals surface area contributed by atoms with Gasteiger partial charge in [0.1, 0.15) is 12.9 Å². The van der Waals surface area contributed by atoms with E-state index < -0.39 is 0 Å². The van der Waals surface area contributed by atoms with E-state index in [-0.39, 0.29) is 24.1 Å². The molecule has 0 spiro atoms. The highest BCUT2D eigenvalue weighted by Crippen LogP contribution is 2.38. The summed E-state index contributed by atoms with van der Waals surface area (Å²) >= 11 is 0. The van der Waals surface area contributed by atoms with Crippen LogP contribution in [0.3, 0.4) is 0 Å². The van der Waals surface area contributed by atoms with E-state index in [4.69, 9.17) is 4.74 Å². The molecule has 1 aromatic carbocycles. The second kappa shape index (κ2) is 5.65. The van der Waals surface area contributed by atoms with Crippen molar-refractivity contribution in [2.24, 2.45) is 5.92 Å². The number of fused-ring (bicyclic) bond motifs is 2. The zero-order valence-electron chi connectivity index (χ0n) is 11.4. The Kier molecular flexibility index (Phi) is 3.72. The fraction of sp³-hybridized carbons (Fsp3) is 0.500. The first-order valence-electron chi connectivity index (χ1n) is 7.22. The lowest BCUT2D eigenvalue weighted by Crippen LogP contribution is -2.47. The number of carbonyl (C=O) groups excluding carboxylic acids is 2. The summed E-state index contributed by atoms with van der Waals surface area (Å²) in [4.78, 5) is 25.0. The Morgan fingerprint density at radius 1 is 1.20 bits per heavy atom. The van der Waals surface area contributed by atoms with Gasteiger partial charge in [0.2, 0.25) is 0 Å². The van der Waals surface area contributed by atoms with E-state index in [1.807, 2.05) is 35.2 Å². The Bertz CT molecular complexity index is 474. The van der Waals surface area contributed by atoms with Crippen molar-refractivity contribution in [3.63, 3.8) is 0 Å². The minimum Gasteiger partial charge on any atom is -0.445 e. The van der Waals surface area contributed by atoms with Crippen LogP contribution in [0.2, 0.25) is 0 Å². The molecule has 4 heteroatoms. The van der Waals surface area contributed by atoms with Crippen molar-refractivity contribution < 1.29 is 14.3 Å². The van der Waals surface area contributed by atoms with Gasteiger partial charge in [-0.05, 0) is 31.2 Å². The molecule has 0 N–H and O–H groups in total. The van der Waals surface area contributed by atoms with Gasteiger partial charge in [-0.2, -0.15) is 0 Å². The molecule has 2 unspecified atom stereocenters. The summed E-state index contributed by atoms with van der Waals surface area (Å²) in [6.45, 7) is 0.312. The molecule has 20 heavy (non-hydrogen) atoms. The number of carbonyl (C=O) groups is 2. The summed E-state index contributed by atoms with van der Waals surface area (Å²) < 4.78 is 5.42. The van der Waals surface area contributed by atoms with Crippen LogP contribution in [0, 0.1) is 5.92 Å². The molecular formula is C16H19NO3. The number of benzene rings is 1. The number of hydrogen-bond donors (Lipinski definition) is 0. The van der Waals surface area contributed by atoms with Crippen LogP contribution in [-0.4, -0.2) is 29.4 Å². The molecule has 0 radical (unpaired) electrons. The number of hydrogen-bond acceptors (Lipinski definition) is 3. The van der Waals surface area contributed by atoms with Gasteiger partial charge in [0, 0.05) is 18.0 Å². The van der Waals surface area contributed by atoms with Gasteiger partial charge in [-0.15, -0.1) is 0 Å². The lowest BCUT2D eigenvalue weighted by atomic mass is 9.92. The molecule has 2 bridgehead atoms. The van der Waals surface area contributed by atoms with Gasteiger partial charge in [-0.25, -0.2) is 4.79 Å². The molecule has 2 saturated heterocycles. The molecule has 2 heterocycles. The molecule has 2 aliphatic rings. The fourth-order valence-electron chi connectivity index (χ4n) is 3.42. The molecule has 2 aliphatic heterocycles. The Hall–Kier alpha value is -1.84. The van der Waals surface area contributed by atoms with Gasteiger partial charge in [0.05, 0.1) is 0 Å². The lowest BCUT2D eigenvalue weighted by molar-refractivity contribution is -0.113. The van der Waals surface area contributed by atoms with E-state index >= 15 is 0 Å². The molecule has 1 amide bonds. The van der Waals surface area contributed by atoms with Gasteiger partial charge in [0.25, 0.3) is 0 Å². The van der Waals surface area contributed by atoms with Gasteiger partial charge in [0.15, 0.2) is 0 Å². The number of amides is 1. The van der Waals surface area contributed by atoms with Gasteiger partial charge in [-0.3, -0.25) is 0 Å². The van der Waals surface area contributed by atoms with Gasteiger partial charge < -0.3 is 14.4 Å². The average molecular weight is 273 g/mol. The first-order valence-corrected chi connectivity index (χ1v) is 7.22. The van der Waals surface area contributed by atoms with Crippen molar-refractivity contribution in [2.75, 3.05) is 0 Å². The van der Waals surface area contributed by atoms with Crippen molar-refractivity contribution in [1.29, 1.82) is 0 Å². The highest BCUT2D eigenvalue weighted by Gasteiger charge is 2.43. The van der Waals surface area contributed by atoms with Crippen molar-refractivity contribution in [3.8, 4) is 0 Å². The normalized spacial score (nSPS) is 28.2. The summed E-state index contributed by atoms with van der Waals surface area (Å²) in [5.74, 6) is 0.116. The average Bonchev–Trinajstić information content (AvgIpc) is 2.76. The lowest BCUT2D eigenvalue weighted by Gasteiger charge is -2.36. The highest BCUT2D eigenvalue weighted by molar-refractivity contribution is 5.69. The smallest absolute Gasteiger partial charge is 0.410 e. The van der Waals surface area contributed by atoms with Crippen LogP contribution in [0.15, 0.2) is 30.3 Å². The first kappa shape index (κ1) is 13.2. The standard InChI is InChI=1S/C16H19NO3/c18-10-13-8-14-6-7-15(9-13)17(14)16(19)20-11-12-4-2-1-3-5-12/h1-5,10,13-15H,6-9,11H2/t13?,14-,15?/m0/s1. The summed E-state index contributed by atoms with van der Waals surface area (Å²) in [6.07, 6.45) is 4.38. The third-order valence-electron chi connectivity index (χ3n) is 4.38. The van der Waals surface area contributed by atoms with Crippen molar-refractivity contribution in [3.05, 3.63) is 35.9 Å². The van der Waals surface area contributed by atoms with Crippen molar-refractivity contribution >= 4 is 12.4 Å². The maximum absolute atomic E-state index is 12.2. The molecule has 106 valence electrons. The fourth-order valence-corrected chi connectivity index (χ4v) is 3.42. The molecule has 4 nitrogen and oxygen atoms in total. The predicted molar refractivity (Wildman–Crippen MR) is 74.1 cm³/mol. The summed E-state index contributed by atoms with van der Waals surface area (Å²) in [7, 11) is 0. The SMILES string of the molecule is O=CC1CC2CC[C@@H](C1)N2C(=O)OCc1ccccc1. The molecule has 2 fully saturated rings. The Balaban J connectivity index is 1.59. The number of aldehydes is 1. The van der Waals surface area contributed by atoms with E-state index in [0.717, 1.165) is 37.5 Å². The van der Waals surface area contributed by atoms with E-state index in [0.29, 0.717) is 6.61 Å². The molecule has 0 aliphatic carbocycles. The zero-order valence-corrected chi connectivity index (χ0v) is 11.4. The number of rotatable bonds is 3. The quantitative estimate of drug-likeness (QED) is 0.796. The van der Waals surface area contributed by atoms with Crippen molar-refractivity contribution in [1.82, 2.24) is 4.90 Å². The van der Waals surface area contributed by atoms with E-state index in [1.165, 1.54) is 0 Å². The van der Waals surface area contributed by atoms with E-state index in [9.17, 15) is 9.59 Å². The van der Waals surface area contributed by atoms with Crippen LogP contribution in [0.5, 0.6) is 0 Å². The minimum absolute atomic E-state index is 0.116. The predicted octanol–water partition coefficient (Wildman–Crippen LogP) is 2.77. The second-order valence-electron chi connectivity index (χ2n) is 5.70. The third kappa shape index (κ3) is 2.55. The Labute approximate surface area is 118 Å².